The Balaban J connectivity index is 2.93. The van der Waals surface area contributed by atoms with Gasteiger partial charge in [0.15, 0.2) is 0 Å². The van der Waals surface area contributed by atoms with Crippen LogP contribution in [0.2, 0.25) is 5.02 Å². The zero-order chi connectivity index (χ0) is 10.3. The number of nitrogens with two attached hydrogens (primary N) is 1. The SMILES string of the molecule is Nc1cc2sccc2c(C(=O)O)c1Cl. The number of benzene rings is 1. The van der Waals surface area contributed by atoms with E-state index in [0.717, 1.165) is 4.70 Å². The number of anilines is 1. The highest BCUT2D eigenvalue weighted by atomic mass is 35.5. The number of nitrogen functional groups attached to an aromatic ring is 1. The molecule has 1 aromatic carbocycles. The maximum absolute atomic E-state index is 11.0. The number of carboxylic acids is 1. The van der Waals surface area contributed by atoms with Crippen molar-refractivity contribution in [3.63, 3.8) is 0 Å². The Morgan fingerprint density at radius 3 is 2.93 bits per heavy atom. The highest BCUT2D eigenvalue weighted by Gasteiger charge is 2.16. The molecule has 0 saturated carbocycles. The summed E-state index contributed by atoms with van der Waals surface area (Å²) in [7, 11) is 0. The van der Waals surface area contributed by atoms with Crippen molar-refractivity contribution in [2.75, 3.05) is 5.73 Å². The van der Waals surface area contributed by atoms with Gasteiger partial charge in [-0.15, -0.1) is 11.3 Å². The van der Waals surface area contributed by atoms with Gasteiger partial charge in [0, 0.05) is 10.1 Å². The minimum atomic E-state index is -1.05. The number of fused-ring (bicyclic) bond motifs is 1. The molecule has 0 saturated heterocycles. The van der Waals surface area contributed by atoms with Crippen molar-refractivity contribution < 1.29 is 9.90 Å². The molecule has 0 unspecified atom stereocenters. The van der Waals surface area contributed by atoms with E-state index in [1.807, 2.05) is 5.38 Å². The van der Waals surface area contributed by atoms with Gasteiger partial charge in [-0.2, -0.15) is 0 Å². The number of thiophene rings is 1. The van der Waals surface area contributed by atoms with Crippen LogP contribution in [0.25, 0.3) is 10.1 Å². The topological polar surface area (TPSA) is 63.3 Å². The Hall–Kier alpha value is -1.26. The van der Waals surface area contributed by atoms with Gasteiger partial charge in [0.1, 0.15) is 0 Å². The molecule has 0 fully saturated rings. The first-order valence-electron chi connectivity index (χ1n) is 3.79. The van der Waals surface area contributed by atoms with Crippen LogP contribution < -0.4 is 5.73 Å². The van der Waals surface area contributed by atoms with Crippen LogP contribution in [0.1, 0.15) is 10.4 Å². The Morgan fingerprint density at radius 1 is 1.57 bits per heavy atom. The predicted molar refractivity (Wildman–Crippen MR) is 58.2 cm³/mol. The average Bonchev–Trinajstić information content (AvgIpc) is 2.52. The van der Waals surface area contributed by atoms with E-state index in [-0.39, 0.29) is 10.6 Å². The molecule has 0 aliphatic rings. The molecule has 0 radical (unpaired) electrons. The minimum Gasteiger partial charge on any atom is -0.478 e. The summed E-state index contributed by atoms with van der Waals surface area (Å²) in [5.74, 6) is -1.05. The maximum Gasteiger partial charge on any atom is 0.337 e. The number of aromatic carboxylic acids is 1. The second kappa shape index (κ2) is 3.15. The van der Waals surface area contributed by atoms with Crippen LogP contribution in [-0.4, -0.2) is 11.1 Å². The largest absolute Gasteiger partial charge is 0.478 e. The lowest BCUT2D eigenvalue weighted by Gasteiger charge is -2.03. The van der Waals surface area contributed by atoms with Crippen molar-refractivity contribution in [1.29, 1.82) is 0 Å². The zero-order valence-electron chi connectivity index (χ0n) is 6.95. The molecule has 14 heavy (non-hydrogen) atoms. The monoisotopic (exact) mass is 227 g/mol. The first-order chi connectivity index (χ1) is 6.61. The van der Waals surface area contributed by atoms with Gasteiger partial charge < -0.3 is 10.8 Å². The minimum absolute atomic E-state index is 0.0860. The van der Waals surface area contributed by atoms with E-state index in [1.165, 1.54) is 11.3 Å². The third kappa shape index (κ3) is 1.23. The Kier molecular flexibility index (Phi) is 2.09. The Labute approximate surface area is 88.7 Å². The summed E-state index contributed by atoms with van der Waals surface area (Å²) in [6.45, 7) is 0. The number of hydrogen-bond donors (Lipinski definition) is 2. The second-order valence-electron chi connectivity index (χ2n) is 2.79. The van der Waals surface area contributed by atoms with Gasteiger partial charge in [0.25, 0.3) is 0 Å². The van der Waals surface area contributed by atoms with Crippen molar-refractivity contribution in [1.82, 2.24) is 0 Å². The molecule has 0 bridgehead atoms. The zero-order valence-corrected chi connectivity index (χ0v) is 8.52. The third-order valence-electron chi connectivity index (χ3n) is 1.94. The van der Waals surface area contributed by atoms with E-state index >= 15 is 0 Å². The maximum atomic E-state index is 11.0. The highest BCUT2D eigenvalue weighted by Crippen LogP contribution is 2.34. The molecule has 2 aromatic rings. The lowest BCUT2D eigenvalue weighted by molar-refractivity contribution is 0.0699. The smallest absolute Gasteiger partial charge is 0.337 e. The van der Waals surface area contributed by atoms with Crippen LogP contribution in [0.5, 0.6) is 0 Å². The van der Waals surface area contributed by atoms with Crippen molar-refractivity contribution in [2.45, 2.75) is 0 Å². The van der Waals surface area contributed by atoms with Crippen molar-refractivity contribution in [2.24, 2.45) is 0 Å². The van der Waals surface area contributed by atoms with Gasteiger partial charge in [0.2, 0.25) is 0 Å². The van der Waals surface area contributed by atoms with E-state index in [0.29, 0.717) is 11.1 Å². The summed E-state index contributed by atoms with van der Waals surface area (Å²) >= 11 is 7.26. The van der Waals surface area contributed by atoms with E-state index < -0.39 is 5.97 Å². The Morgan fingerprint density at radius 2 is 2.29 bits per heavy atom. The van der Waals surface area contributed by atoms with Crippen LogP contribution >= 0.6 is 22.9 Å². The fraction of sp³-hybridized carbons (Fsp3) is 0. The molecule has 0 atom stereocenters. The van der Waals surface area contributed by atoms with Gasteiger partial charge in [0.05, 0.1) is 16.3 Å². The molecule has 1 aromatic heterocycles. The number of rotatable bonds is 1. The predicted octanol–water partition coefficient (Wildman–Crippen LogP) is 2.84. The first-order valence-corrected chi connectivity index (χ1v) is 5.05. The van der Waals surface area contributed by atoms with E-state index in [1.54, 1.807) is 12.1 Å². The number of hydrogen-bond acceptors (Lipinski definition) is 3. The molecule has 0 aliphatic carbocycles. The van der Waals surface area contributed by atoms with Crippen LogP contribution in [0.3, 0.4) is 0 Å². The summed E-state index contributed by atoms with van der Waals surface area (Å²) in [6.07, 6.45) is 0. The molecule has 0 aliphatic heterocycles. The van der Waals surface area contributed by atoms with Crippen LogP contribution in [0, 0.1) is 0 Å². The van der Waals surface area contributed by atoms with E-state index in [2.05, 4.69) is 0 Å². The molecular formula is C9H6ClNO2S. The van der Waals surface area contributed by atoms with Crippen molar-refractivity contribution in [3.8, 4) is 0 Å². The molecule has 3 N–H and O–H groups in total. The van der Waals surface area contributed by atoms with Gasteiger partial charge >= 0.3 is 5.97 Å². The molecule has 0 spiro atoms. The summed E-state index contributed by atoms with van der Waals surface area (Å²) in [4.78, 5) is 11.0. The van der Waals surface area contributed by atoms with Gasteiger partial charge in [-0.05, 0) is 17.5 Å². The molecule has 1 heterocycles. The summed E-state index contributed by atoms with van der Waals surface area (Å²) < 4.78 is 0.837. The van der Waals surface area contributed by atoms with Gasteiger partial charge in [-0.1, -0.05) is 11.6 Å². The van der Waals surface area contributed by atoms with Crippen molar-refractivity contribution >= 4 is 44.7 Å². The molecule has 72 valence electrons. The lowest BCUT2D eigenvalue weighted by atomic mass is 10.1. The molecule has 3 nitrogen and oxygen atoms in total. The first kappa shape index (κ1) is 9.30. The average molecular weight is 228 g/mol. The fourth-order valence-electron chi connectivity index (χ4n) is 1.32. The summed E-state index contributed by atoms with van der Waals surface area (Å²) in [5, 5.41) is 11.5. The van der Waals surface area contributed by atoms with Crippen LogP contribution in [0.4, 0.5) is 5.69 Å². The third-order valence-corrected chi connectivity index (χ3v) is 3.21. The summed E-state index contributed by atoms with van der Waals surface area (Å²) in [6, 6.07) is 3.42. The standard InChI is InChI=1S/C9H6ClNO2S/c10-8-5(11)3-6-4(1-2-14-6)7(8)9(12)13/h1-3H,11H2,(H,12,13). The highest BCUT2D eigenvalue weighted by molar-refractivity contribution is 7.17. The van der Waals surface area contributed by atoms with Gasteiger partial charge in [-0.25, -0.2) is 4.79 Å². The fourth-order valence-corrected chi connectivity index (χ4v) is 2.40. The number of carbonyl (C=O) groups is 1. The number of carboxylic acid groups (broad SMARTS) is 1. The van der Waals surface area contributed by atoms with E-state index in [9.17, 15) is 4.79 Å². The lowest BCUT2D eigenvalue weighted by Crippen LogP contribution is -2.00. The van der Waals surface area contributed by atoms with Crippen LogP contribution in [-0.2, 0) is 0 Å². The van der Waals surface area contributed by atoms with Crippen molar-refractivity contribution in [3.05, 3.63) is 28.1 Å². The molecule has 2 rings (SSSR count). The van der Waals surface area contributed by atoms with Gasteiger partial charge in [-0.3, -0.25) is 0 Å². The molecule has 5 heteroatoms. The molecular weight excluding hydrogens is 222 g/mol. The normalized spacial score (nSPS) is 10.6. The second-order valence-corrected chi connectivity index (χ2v) is 4.12. The number of halogens is 1. The quantitative estimate of drug-likeness (QED) is 0.737. The molecule has 0 amide bonds. The van der Waals surface area contributed by atoms with E-state index in [4.69, 9.17) is 22.4 Å². The van der Waals surface area contributed by atoms with Crippen LogP contribution in [0.15, 0.2) is 17.5 Å². The Bertz CT molecular complexity index is 521. The summed E-state index contributed by atoms with van der Waals surface area (Å²) in [5.41, 5.74) is 5.99.